The molecule has 29 heavy (non-hydrogen) atoms. The number of hydrogen-bond donors (Lipinski definition) is 1. The van der Waals surface area contributed by atoms with Crippen molar-refractivity contribution in [3.63, 3.8) is 0 Å². The zero-order chi connectivity index (χ0) is 20.5. The van der Waals surface area contributed by atoms with E-state index in [1.165, 1.54) is 0 Å². The fraction of sp³-hybridized carbons (Fsp3) is 0.238. The van der Waals surface area contributed by atoms with E-state index in [0.717, 1.165) is 16.2 Å². The predicted molar refractivity (Wildman–Crippen MR) is 107 cm³/mol. The molecule has 2 aromatic carbocycles. The number of carbonyl (C=O) groups is 3. The van der Waals surface area contributed by atoms with Crippen molar-refractivity contribution in [2.45, 2.75) is 32.4 Å². The standard InChI is InChI=1S/C21H18ClN3O4/c1-2-19(25-20(27)13-5-3-4-6-14(13)21(25)28)29-17-9-7-12(11-15(17)22)16-8-10-18(26)24-23-16/h3-7,9,11,19H,2,8,10H2,1H3,(H,24,26). The minimum atomic E-state index is -0.781. The van der Waals surface area contributed by atoms with Gasteiger partial charge in [0.05, 0.1) is 21.9 Å². The van der Waals surface area contributed by atoms with Crippen LogP contribution >= 0.6 is 11.6 Å². The molecule has 0 aliphatic carbocycles. The quantitative estimate of drug-likeness (QED) is 0.764. The molecule has 2 heterocycles. The summed E-state index contributed by atoms with van der Waals surface area (Å²) in [6.45, 7) is 1.83. The maximum atomic E-state index is 12.7. The van der Waals surface area contributed by atoms with E-state index in [4.69, 9.17) is 16.3 Å². The van der Waals surface area contributed by atoms with E-state index < -0.39 is 6.23 Å². The number of halogens is 1. The molecule has 0 saturated carbocycles. The van der Waals surface area contributed by atoms with Crippen molar-refractivity contribution in [1.82, 2.24) is 10.3 Å². The summed E-state index contributed by atoms with van der Waals surface area (Å²) >= 11 is 6.39. The molecule has 1 unspecified atom stereocenters. The number of fused-ring (bicyclic) bond motifs is 1. The fourth-order valence-corrected chi connectivity index (χ4v) is 3.62. The van der Waals surface area contributed by atoms with Gasteiger partial charge in [0.25, 0.3) is 11.8 Å². The molecule has 1 atom stereocenters. The van der Waals surface area contributed by atoms with Gasteiger partial charge in [-0.15, -0.1) is 0 Å². The number of hydrazone groups is 1. The number of ether oxygens (including phenoxy) is 1. The average Bonchev–Trinajstić information content (AvgIpc) is 2.99. The number of rotatable bonds is 5. The molecule has 2 aromatic rings. The van der Waals surface area contributed by atoms with Crippen LogP contribution in [0.15, 0.2) is 47.6 Å². The van der Waals surface area contributed by atoms with Gasteiger partial charge in [-0.05, 0) is 35.9 Å². The van der Waals surface area contributed by atoms with Gasteiger partial charge in [-0.2, -0.15) is 5.10 Å². The lowest BCUT2D eigenvalue weighted by molar-refractivity contribution is -0.121. The highest BCUT2D eigenvalue weighted by molar-refractivity contribution is 6.32. The predicted octanol–water partition coefficient (Wildman–Crippen LogP) is 3.37. The second-order valence-corrected chi connectivity index (χ2v) is 7.15. The molecule has 2 aliphatic heterocycles. The summed E-state index contributed by atoms with van der Waals surface area (Å²) in [5, 5.41) is 4.39. The van der Waals surface area contributed by atoms with Gasteiger partial charge in [-0.3, -0.25) is 14.4 Å². The topological polar surface area (TPSA) is 88.1 Å². The average molecular weight is 412 g/mol. The Hall–Kier alpha value is -3.19. The van der Waals surface area contributed by atoms with Crippen LogP contribution < -0.4 is 10.2 Å². The van der Waals surface area contributed by atoms with Gasteiger partial charge in [-0.25, -0.2) is 10.3 Å². The minimum Gasteiger partial charge on any atom is -0.468 e. The highest BCUT2D eigenvalue weighted by atomic mass is 35.5. The molecule has 3 amide bonds. The van der Waals surface area contributed by atoms with Crippen molar-refractivity contribution in [1.29, 1.82) is 0 Å². The Labute approximate surface area is 172 Å². The van der Waals surface area contributed by atoms with Gasteiger partial charge in [0, 0.05) is 19.3 Å². The van der Waals surface area contributed by atoms with Crippen LogP contribution in [0.4, 0.5) is 0 Å². The van der Waals surface area contributed by atoms with Crippen LogP contribution in [0.5, 0.6) is 5.75 Å². The molecule has 148 valence electrons. The Morgan fingerprint density at radius 1 is 1.10 bits per heavy atom. The van der Waals surface area contributed by atoms with Crippen LogP contribution in [-0.4, -0.2) is 34.6 Å². The molecular formula is C21H18ClN3O4. The number of carbonyl (C=O) groups excluding carboxylic acids is 3. The van der Waals surface area contributed by atoms with Crippen LogP contribution in [-0.2, 0) is 4.79 Å². The minimum absolute atomic E-state index is 0.119. The molecule has 0 aromatic heterocycles. The molecule has 0 radical (unpaired) electrons. The maximum absolute atomic E-state index is 12.7. The normalized spacial score (nSPS) is 17.0. The van der Waals surface area contributed by atoms with Crippen LogP contribution in [0.3, 0.4) is 0 Å². The smallest absolute Gasteiger partial charge is 0.264 e. The number of nitrogens with one attached hydrogen (secondary N) is 1. The maximum Gasteiger partial charge on any atom is 0.264 e. The monoisotopic (exact) mass is 411 g/mol. The van der Waals surface area contributed by atoms with Crippen molar-refractivity contribution < 1.29 is 19.1 Å². The number of amides is 3. The molecule has 0 saturated heterocycles. The van der Waals surface area contributed by atoms with Gasteiger partial charge in [-0.1, -0.05) is 30.7 Å². The molecule has 0 fully saturated rings. The second-order valence-electron chi connectivity index (χ2n) is 6.75. The first-order valence-electron chi connectivity index (χ1n) is 9.28. The molecule has 8 heteroatoms. The molecule has 0 spiro atoms. The van der Waals surface area contributed by atoms with Gasteiger partial charge >= 0.3 is 0 Å². The number of imide groups is 1. The lowest BCUT2D eigenvalue weighted by Crippen LogP contribution is -2.43. The number of nitrogens with zero attached hydrogens (tertiary/aromatic N) is 2. The van der Waals surface area contributed by atoms with Crippen LogP contribution in [0.1, 0.15) is 52.5 Å². The number of benzene rings is 2. The van der Waals surface area contributed by atoms with Gasteiger partial charge < -0.3 is 4.74 Å². The molecule has 2 aliphatic rings. The molecular weight excluding hydrogens is 394 g/mol. The lowest BCUT2D eigenvalue weighted by atomic mass is 10.0. The molecule has 1 N–H and O–H groups in total. The zero-order valence-corrected chi connectivity index (χ0v) is 16.4. The molecule has 0 bridgehead atoms. The summed E-state index contributed by atoms with van der Waals surface area (Å²) in [5.74, 6) is -0.513. The third-order valence-corrected chi connectivity index (χ3v) is 5.19. The summed E-state index contributed by atoms with van der Waals surface area (Å²) in [5.41, 5.74) is 4.70. The van der Waals surface area contributed by atoms with Crippen molar-refractivity contribution in [3.05, 3.63) is 64.2 Å². The first kappa shape index (κ1) is 19.1. The van der Waals surface area contributed by atoms with Gasteiger partial charge in [0.2, 0.25) is 5.91 Å². The van der Waals surface area contributed by atoms with Gasteiger partial charge in [0.15, 0.2) is 6.23 Å². The van der Waals surface area contributed by atoms with E-state index in [-0.39, 0.29) is 17.7 Å². The summed E-state index contributed by atoms with van der Waals surface area (Å²) in [6.07, 6.45) is 0.515. The van der Waals surface area contributed by atoms with Crippen molar-refractivity contribution in [2.75, 3.05) is 0 Å². The lowest BCUT2D eigenvalue weighted by Gasteiger charge is -2.26. The van der Waals surface area contributed by atoms with Crippen LogP contribution in [0, 0.1) is 0 Å². The van der Waals surface area contributed by atoms with E-state index in [9.17, 15) is 14.4 Å². The highest BCUT2D eigenvalue weighted by Crippen LogP contribution is 2.31. The van der Waals surface area contributed by atoms with Gasteiger partial charge in [0.1, 0.15) is 5.75 Å². The Morgan fingerprint density at radius 2 is 1.79 bits per heavy atom. The molecule has 7 nitrogen and oxygen atoms in total. The fourth-order valence-electron chi connectivity index (χ4n) is 3.39. The van der Waals surface area contributed by atoms with Crippen LogP contribution in [0.25, 0.3) is 0 Å². The number of hydrogen-bond acceptors (Lipinski definition) is 5. The first-order valence-corrected chi connectivity index (χ1v) is 9.66. The molecule has 4 rings (SSSR count). The zero-order valence-electron chi connectivity index (χ0n) is 15.6. The van der Waals surface area contributed by atoms with Crippen LogP contribution in [0.2, 0.25) is 5.02 Å². The summed E-state index contributed by atoms with van der Waals surface area (Å²) in [6, 6.07) is 11.9. The van der Waals surface area contributed by atoms with E-state index in [2.05, 4.69) is 10.5 Å². The first-order chi connectivity index (χ1) is 14.0. The summed E-state index contributed by atoms with van der Waals surface area (Å²) in [4.78, 5) is 37.8. The van der Waals surface area contributed by atoms with E-state index in [1.54, 1.807) is 42.5 Å². The summed E-state index contributed by atoms with van der Waals surface area (Å²) in [7, 11) is 0. The Morgan fingerprint density at radius 3 is 2.34 bits per heavy atom. The SMILES string of the molecule is CCC(Oc1ccc(C2=NNC(=O)CC2)cc1Cl)N1C(=O)c2ccccc2C1=O. The highest BCUT2D eigenvalue weighted by Gasteiger charge is 2.40. The van der Waals surface area contributed by atoms with E-state index in [1.807, 2.05) is 6.92 Å². The Balaban J connectivity index is 1.56. The Bertz CT molecular complexity index is 1010. The van der Waals surface area contributed by atoms with Crippen molar-refractivity contribution in [2.24, 2.45) is 5.10 Å². The largest absolute Gasteiger partial charge is 0.468 e. The third kappa shape index (κ3) is 3.49. The second kappa shape index (κ2) is 7.67. The summed E-state index contributed by atoms with van der Waals surface area (Å²) < 4.78 is 5.95. The third-order valence-electron chi connectivity index (χ3n) is 4.90. The Kier molecular flexibility index (Phi) is 5.07. The van der Waals surface area contributed by atoms with Crippen molar-refractivity contribution in [3.8, 4) is 5.75 Å². The van der Waals surface area contributed by atoms with Crippen molar-refractivity contribution >= 4 is 35.0 Å². The van der Waals surface area contributed by atoms with E-state index in [0.29, 0.717) is 41.2 Å². The van der Waals surface area contributed by atoms with E-state index >= 15 is 0 Å².